The number of carbonyl (C=O) groups excluding carboxylic acids is 1. The van der Waals surface area contributed by atoms with E-state index in [2.05, 4.69) is 25.4 Å². The molecule has 0 saturated carbocycles. The number of carbonyl (C=O) groups is 1. The summed E-state index contributed by atoms with van der Waals surface area (Å²) >= 11 is 8.48. The van der Waals surface area contributed by atoms with Crippen LogP contribution in [-0.4, -0.2) is 19.4 Å². The van der Waals surface area contributed by atoms with Gasteiger partial charge in [-0.05, 0) is 28.1 Å². The minimum absolute atomic E-state index is 0.0906. The Labute approximate surface area is 108 Å². The molecule has 8 heteroatoms. The van der Waals surface area contributed by atoms with Gasteiger partial charge >= 0.3 is 12.3 Å². The van der Waals surface area contributed by atoms with E-state index >= 15 is 0 Å². The number of hydrogen-bond donors (Lipinski definition) is 0. The van der Waals surface area contributed by atoms with Crippen LogP contribution >= 0.6 is 27.5 Å². The zero-order chi connectivity index (χ0) is 13.2. The van der Waals surface area contributed by atoms with E-state index in [9.17, 15) is 18.0 Å². The highest BCUT2D eigenvalue weighted by atomic mass is 79.9. The molecule has 0 aromatic heterocycles. The molecule has 0 aliphatic rings. The average molecular weight is 333 g/mol. The van der Waals surface area contributed by atoms with Gasteiger partial charge in [0.2, 0.25) is 0 Å². The lowest BCUT2D eigenvalue weighted by atomic mass is 10.2. The van der Waals surface area contributed by atoms with Crippen molar-refractivity contribution in [1.29, 1.82) is 0 Å². The maximum Gasteiger partial charge on any atom is 0.573 e. The number of esters is 1. The van der Waals surface area contributed by atoms with Crippen LogP contribution in [0.25, 0.3) is 0 Å². The molecule has 3 nitrogen and oxygen atoms in total. The van der Waals surface area contributed by atoms with E-state index in [1.807, 2.05) is 0 Å². The smallest absolute Gasteiger partial charge is 0.465 e. The van der Waals surface area contributed by atoms with Crippen molar-refractivity contribution in [3.63, 3.8) is 0 Å². The topological polar surface area (TPSA) is 35.5 Å². The van der Waals surface area contributed by atoms with E-state index in [1.165, 1.54) is 6.07 Å². The van der Waals surface area contributed by atoms with Crippen molar-refractivity contribution >= 4 is 33.5 Å². The summed E-state index contributed by atoms with van der Waals surface area (Å²) in [6, 6.07) is 2.05. The van der Waals surface area contributed by atoms with Crippen LogP contribution in [-0.2, 0) is 4.74 Å². The van der Waals surface area contributed by atoms with Crippen molar-refractivity contribution in [2.45, 2.75) is 6.36 Å². The molecule has 1 aromatic rings. The van der Waals surface area contributed by atoms with Crippen LogP contribution in [0.15, 0.2) is 16.6 Å². The van der Waals surface area contributed by atoms with Gasteiger partial charge in [0.05, 0.1) is 22.2 Å². The van der Waals surface area contributed by atoms with Crippen LogP contribution in [0.5, 0.6) is 5.75 Å². The van der Waals surface area contributed by atoms with Crippen molar-refractivity contribution < 1.29 is 27.4 Å². The fourth-order valence-electron chi connectivity index (χ4n) is 0.998. The molecule has 0 bridgehead atoms. The second-order valence-electron chi connectivity index (χ2n) is 2.81. The largest absolute Gasteiger partial charge is 0.573 e. The van der Waals surface area contributed by atoms with Gasteiger partial charge in [-0.1, -0.05) is 11.6 Å². The molecule has 0 spiro atoms. The zero-order valence-electron chi connectivity index (χ0n) is 8.27. The Bertz CT molecular complexity index is 448. The number of ether oxygens (including phenoxy) is 2. The molecule has 0 N–H and O–H groups in total. The van der Waals surface area contributed by atoms with Crippen molar-refractivity contribution in [2.75, 3.05) is 7.11 Å². The highest BCUT2D eigenvalue weighted by Gasteiger charge is 2.32. The molecule has 0 atom stereocenters. The molecule has 0 heterocycles. The summed E-state index contributed by atoms with van der Waals surface area (Å²) in [4.78, 5) is 11.2. The second kappa shape index (κ2) is 5.14. The van der Waals surface area contributed by atoms with Crippen LogP contribution in [0.3, 0.4) is 0 Å². The van der Waals surface area contributed by atoms with Gasteiger partial charge in [0.15, 0.2) is 0 Å². The SMILES string of the molecule is COC(=O)c1cc(Cl)c(Br)c(OC(F)(F)F)c1. The molecule has 0 unspecified atom stereocenters. The third-order valence-corrected chi connectivity index (χ3v) is 2.99. The summed E-state index contributed by atoms with van der Waals surface area (Å²) in [5.41, 5.74) is -0.139. The summed E-state index contributed by atoms with van der Waals surface area (Å²) < 4.78 is 44.2. The standard InChI is InChI=1S/C9H5BrClF3O3/c1-16-8(15)4-2-5(11)7(10)6(3-4)17-9(12,13)14/h2-3H,1H3. The first-order chi connectivity index (χ1) is 7.74. The van der Waals surface area contributed by atoms with Gasteiger partial charge in [0, 0.05) is 0 Å². The number of methoxy groups -OCH3 is 1. The lowest BCUT2D eigenvalue weighted by Gasteiger charge is -2.12. The summed E-state index contributed by atoms with van der Waals surface area (Å²) in [5, 5.41) is -0.0906. The van der Waals surface area contributed by atoms with E-state index in [0.29, 0.717) is 0 Å². The Balaban J connectivity index is 3.20. The molecular weight excluding hydrogens is 328 g/mol. The molecular formula is C9H5BrClF3O3. The molecule has 0 amide bonds. The number of hydrogen-bond acceptors (Lipinski definition) is 3. The third kappa shape index (κ3) is 3.78. The summed E-state index contributed by atoms with van der Waals surface area (Å²) in [5.74, 6) is -1.42. The monoisotopic (exact) mass is 332 g/mol. The second-order valence-corrected chi connectivity index (χ2v) is 4.01. The van der Waals surface area contributed by atoms with E-state index in [1.54, 1.807) is 0 Å². The van der Waals surface area contributed by atoms with Gasteiger partial charge in [0.25, 0.3) is 0 Å². The minimum atomic E-state index is -4.87. The van der Waals surface area contributed by atoms with Crippen molar-refractivity contribution in [1.82, 2.24) is 0 Å². The zero-order valence-corrected chi connectivity index (χ0v) is 10.6. The predicted octanol–water partition coefficient (Wildman–Crippen LogP) is 3.79. The maximum atomic E-state index is 12.1. The minimum Gasteiger partial charge on any atom is -0.465 e. The van der Waals surface area contributed by atoms with Gasteiger partial charge in [-0.2, -0.15) is 0 Å². The molecule has 0 fully saturated rings. The summed E-state index contributed by atoms with van der Waals surface area (Å²) in [7, 11) is 1.10. The van der Waals surface area contributed by atoms with Gasteiger partial charge in [0.1, 0.15) is 5.75 Å². The average Bonchev–Trinajstić information content (AvgIpc) is 2.21. The predicted molar refractivity (Wildman–Crippen MR) is 57.2 cm³/mol. The van der Waals surface area contributed by atoms with Crippen molar-refractivity contribution in [3.8, 4) is 5.75 Å². The molecule has 0 aliphatic heterocycles. The Morgan fingerprint density at radius 1 is 1.41 bits per heavy atom. The van der Waals surface area contributed by atoms with E-state index in [-0.39, 0.29) is 15.1 Å². The quantitative estimate of drug-likeness (QED) is 0.773. The number of rotatable bonds is 2. The third-order valence-electron chi connectivity index (χ3n) is 1.64. The first-order valence-corrected chi connectivity index (χ1v) is 5.25. The maximum absolute atomic E-state index is 12.1. The van der Waals surface area contributed by atoms with Crippen LogP contribution in [0, 0.1) is 0 Å². The van der Waals surface area contributed by atoms with Gasteiger partial charge in [-0.3, -0.25) is 0 Å². The molecule has 17 heavy (non-hydrogen) atoms. The highest BCUT2D eigenvalue weighted by Crippen LogP contribution is 2.36. The van der Waals surface area contributed by atoms with E-state index < -0.39 is 18.1 Å². The van der Waals surface area contributed by atoms with Crippen LogP contribution in [0.1, 0.15) is 10.4 Å². The summed E-state index contributed by atoms with van der Waals surface area (Å²) in [6.07, 6.45) is -4.87. The van der Waals surface area contributed by atoms with Gasteiger partial charge < -0.3 is 9.47 Å². The lowest BCUT2D eigenvalue weighted by molar-refractivity contribution is -0.274. The summed E-state index contributed by atoms with van der Waals surface area (Å²) in [6.45, 7) is 0. The van der Waals surface area contributed by atoms with Crippen LogP contribution in [0.2, 0.25) is 5.02 Å². The Kier molecular flexibility index (Phi) is 4.26. The van der Waals surface area contributed by atoms with Crippen LogP contribution < -0.4 is 4.74 Å². The Morgan fingerprint density at radius 2 is 2.00 bits per heavy atom. The van der Waals surface area contributed by atoms with E-state index in [0.717, 1.165) is 13.2 Å². The normalized spacial score (nSPS) is 11.2. The first kappa shape index (κ1) is 14.1. The Hall–Kier alpha value is -0.950. The van der Waals surface area contributed by atoms with Crippen molar-refractivity contribution in [3.05, 3.63) is 27.2 Å². The first-order valence-electron chi connectivity index (χ1n) is 4.07. The van der Waals surface area contributed by atoms with E-state index in [4.69, 9.17) is 11.6 Å². The molecule has 1 aromatic carbocycles. The molecule has 0 radical (unpaired) electrons. The number of halogens is 5. The molecule has 0 aliphatic carbocycles. The Morgan fingerprint density at radius 3 is 2.47 bits per heavy atom. The number of benzene rings is 1. The fourth-order valence-corrected chi connectivity index (χ4v) is 1.52. The molecule has 0 saturated heterocycles. The highest BCUT2D eigenvalue weighted by molar-refractivity contribution is 9.10. The molecule has 94 valence electrons. The van der Waals surface area contributed by atoms with Crippen LogP contribution in [0.4, 0.5) is 13.2 Å². The van der Waals surface area contributed by atoms with Gasteiger partial charge in [-0.15, -0.1) is 13.2 Å². The number of alkyl halides is 3. The van der Waals surface area contributed by atoms with Gasteiger partial charge in [-0.25, -0.2) is 4.79 Å². The molecule has 1 rings (SSSR count). The fraction of sp³-hybridized carbons (Fsp3) is 0.222. The lowest BCUT2D eigenvalue weighted by Crippen LogP contribution is -2.18. The van der Waals surface area contributed by atoms with Crippen molar-refractivity contribution in [2.24, 2.45) is 0 Å².